The molecule has 0 saturated heterocycles. The van der Waals surface area contributed by atoms with Crippen molar-refractivity contribution >= 4 is 0 Å². The first-order chi connectivity index (χ1) is 44.6. The zero-order valence-electron chi connectivity index (χ0n) is 49.0. The lowest BCUT2D eigenvalue weighted by Crippen LogP contribution is -2.01. The number of benzene rings is 13. The summed E-state index contributed by atoms with van der Waals surface area (Å²) in [7, 11) is 0. The van der Waals surface area contributed by atoms with Crippen molar-refractivity contribution in [2.45, 2.75) is 0 Å². The smallest absolute Gasteiger partial charge is 0.164 e. The maximum Gasteiger partial charge on any atom is 0.164 e. The van der Waals surface area contributed by atoms with E-state index < -0.39 is 0 Å². The van der Waals surface area contributed by atoms with Crippen LogP contribution in [0.3, 0.4) is 0 Å². The Morgan fingerprint density at radius 3 is 0.667 bits per heavy atom. The predicted molar refractivity (Wildman–Crippen MR) is 369 cm³/mol. The lowest BCUT2D eigenvalue weighted by Gasteiger charge is -2.19. The van der Waals surface area contributed by atoms with Crippen molar-refractivity contribution in [2.24, 2.45) is 0 Å². The van der Waals surface area contributed by atoms with E-state index in [1.165, 1.54) is 0 Å². The van der Waals surface area contributed by atoms with E-state index in [2.05, 4.69) is 279 Å². The van der Waals surface area contributed by atoms with Crippen molar-refractivity contribution in [3.63, 3.8) is 0 Å². The molecule has 0 aliphatic carbocycles. The molecule has 0 radical (unpaired) electrons. The van der Waals surface area contributed by atoms with Crippen LogP contribution in [0.4, 0.5) is 0 Å². The number of nitrogens with zero attached hydrogens (tertiary/aromatic N) is 6. The van der Waals surface area contributed by atoms with Gasteiger partial charge in [0.25, 0.3) is 0 Å². The maximum absolute atomic E-state index is 5.48. The van der Waals surface area contributed by atoms with Gasteiger partial charge in [-0.1, -0.05) is 285 Å². The Kier molecular flexibility index (Phi) is 15.0. The minimum atomic E-state index is 0.558. The minimum Gasteiger partial charge on any atom is -0.208 e. The molecule has 0 saturated carbocycles. The van der Waals surface area contributed by atoms with E-state index in [1.54, 1.807) is 0 Å². The fourth-order valence-electron chi connectivity index (χ4n) is 11.8. The minimum absolute atomic E-state index is 0.558. The molecule has 0 amide bonds. The van der Waals surface area contributed by atoms with Gasteiger partial charge >= 0.3 is 0 Å². The van der Waals surface area contributed by atoms with E-state index in [1.807, 2.05) is 60.7 Å². The van der Waals surface area contributed by atoms with Crippen LogP contribution in [0.5, 0.6) is 0 Å². The van der Waals surface area contributed by atoms with Gasteiger partial charge in [0.05, 0.1) is 0 Å². The largest absolute Gasteiger partial charge is 0.208 e. The van der Waals surface area contributed by atoms with Crippen molar-refractivity contribution in [3.8, 4) is 157 Å². The zero-order chi connectivity index (χ0) is 60.0. The van der Waals surface area contributed by atoms with E-state index >= 15 is 0 Å². The van der Waals surface area contributed by atoms with Crippen LogP contribution in [0.2, 0.25) is 0 Å². The molecule has 90 heavy (non-hydrogen) atoms. The summed E-state index contributed by atoms with van der Waals surface area (Å²) in [6.07, 6.45) is 0. The lowest BCUT2D eigenvalue weighted by atomic mass is 9.84. The normalized spacial score (nSPS) is 11.1. The SMILES string of the molecule is c1ccc(-c2cc(-c3ccccc3)cc(-c3nc(-c4cccc(-c5cc(-c6ccccc6)c(-c6ccc(-c7nc(-c8ccccc8)nc(-c8ccccc8)n7)cc6)c(-c6ccccc6)c5)c4)nc(-c4cc(-c5ccccc5)cc(-c5ccccc5)c4)n3)c2)cc1. The molecule has 0 N–H and O–H groups in total. The van der Waals surface area contributed by atoms with Gasteiger partial charge in [0.15, 0.2) is 34.9 Å². The van der Waals surface area contributed by atoms with Crippen LogP contribution in [-0.2, 0) is 0 Å². The van der Waals surface area contributed by atoms with Crippen LogP contribution < -0.4 is 0 Å². The monoisotopic (exact) mass is 1150 g/mol. The molecule has 0 bridgehead atoms. The predicted octanol–water partition coefficient (Wildman–Crippen LogP) is 21.4. The van der Waals surface area contributed by atoms with Gasteiger partial charge in [0.2, 0.25) is 0 Å². The molecule has 13 aromatic carbocycles. The molecule has 0 fully saturated rings. The molecular weight excluding hydrogens is 1090 g/mol. The van der Waals surface area contributed by atoms with Crippen LogP contribution >= 0.6 is 0 Å². The molecule has 0 aliphatic rings. The first kappa shape index (κ1) is 54.5. The quantitative estimate of drug-likeness (QED) is 0.108. The molecule has 0 aliphatic heterocycles. The summed E-state index contributed by atoms with van der Waals surface area (Å²) in [5.41, 5.74) is 22.6. The highest BCUT2D eigenvalue weighted by Crippen LogP contribution is 2.45. The molecule has 2 heterocycles. The maximum atomic E-state index is 5.48. The molecule has 0 atom stereocenters. The number of hydrogen-bond donors (Lipinski definition) is 0. The lowest BCUT2D eigenvalue weighted by molar-refractivity contribution is 1.07. The third-order valence-corrected chi connectivity index (χ3v) is 16.3. The van der Waals surface area contributed by atoms with Crippen LogP contribution in [0.1, 0.15) is 0 Å². The fourth-order valence-corrected chi connectivity index (χ4v) is 11.8. The van der Waals surface area contributed by atoms with E-state index in [9.17, 15) is 0 Å². The van der Waals surface area contributed by atoms with Crippen molar-refractivity contribution in [3.05, 3.63) is 340 Å². The first-order valence-corrected chi connectivity index (χ1v) is 30.2. The molecule has 6 heteroatoms. The van der Waals surface area contributed by atoms with E-state index in [-0.39, 0.29) is 0 Å². The number of hydrogen-bond acceptors (Lipinski definition) is 6. The van der Waals surface area contributed by atoms with Gasteiger partial charge in [-0.05, 0) is 144 Å². The standard InChI is InChI=1S/C84H56N6/c1-9-26-57(27-10-1)69-49-70(58-28-11-2-12-29-58)52-74(51-69)83-88-82(89-84(90-83)75-53-71(59-30-13-3-14-31-59)50-72(54-75)60-32-15-4-16-33-60)68-43-25-42-67(48-68)73-55-76(61-34-17-5-18-35-61)78(77(56-73)62-36-19-6-20-37-62)63-44-46-66(47-45-63)81-86-79(64-38-21-7-22-39-64)85-80(87-81)65-40-23-8-24-41-65/h1-56H. The highest BCUT2D eigenvalue weighted by atomic mass is 15.0. The number of rotatable bonds is 14. The highest BCUT2D eigenvalue weighted by molar-refractivity contribution is 5.98. The first-order valence-electron chi connectivity index (χ1n) is 30.2. The Hall–Kier alpha value is -12.1. The van der Waals surface area contributed by atoms with Crippen LogP contribution in [0.15, 0.2) is 340 Å². The van der Waals surface area contributed by atoms with Gasteiger partial charge in [-0.15, -0.1) is 0 Å². The van der Waals surface area contributed by atoms with Crippen molar-refractivity contribution in [1.82, 2.24) is 29.9 Å². The summed E-state index contributed by atoms with van der Waals surface area (Å²) in [5, 5.41) is 0. The van der Waals surface area contributed by atoms with Crippen LogP contribution in [0.25, 0.3) is 157 Å². The third-order valence-electron chi connectivity index (χ3n) is 16.3. The van der Waals surface area contributed by atoms with Gasteiger partial charge in [-0.2, -0.15) is 0 Å². The molecule has 6 nitrogen and oxygen atoms in total. The highest BCUT2D eigenvalue weighted by Gasteiger charge is 2.22. The second kappa shape index (κ2) is 24.7. The van der Waals surface area contributed by atoms with E-state index in [4.69, 9.17) is 29.9 Å². The third kappa shape index (κ3) is 11.6. The summed E-state index contributed by atoms with van der Waals surface area (Å²) in [6.45, 7) is 0. The van der Waals surface area contributed by atoms with Gasteiger partial charge < -0.3 is 0 Å². The van der Waals surface area contributed by atoms with E-state index in [0.717, 1.165) is 122 Å². The van der Waals surface area contributed by atoms with Crippen molar-refractivity contribution < 1.29 is 0 Å². The summed E-state index contributed by atoms with van der Waals surface area (Å²) in [5.74, 6) is 3.53. The van der Waals surface area contributed by atoms with Gasteiger partial charge in [-0.25, -0.2) is 29.9 Å². The van der Waals surface area contributed by atoms with Crippen molar-refractivity contribution in [1.29, 1.82) is 0 Å². The summed E-state index contributed by atoms with van der Waals surface area (Å²) in [4.78, 5) is 31.5. The molecule has 15 rings (SSSR count). The molecular formula is C84H56N6. The van der Waals surface area contributed by atoms with Crippen LogP contribution in [-0.4, -0.2) is 29.9 Å². The Morgan fingerprint density at radius 2 is 0.333 bits per heavy atom. The average Bonchev–Trinajstić information content (AvgIpc) is 0.946. The second-order valence-electron chi connectivity index (χ2n) is 22.2. The van der Waals surface area contributed by atoms with E-state index in [0.29, 0.717) is 34.9 Å². The van der Waals surface area contributed by atoms with Crippen LogP contribution in [0, 0.1) is 0 Å². The fraction of sp³-hybridized carbons (Fsp3) is 0. The number of aromatic nitrogens is 6. The second-order valence-corrected chi connectivity index (χ2v) is 22.2. The van der Waals surface area contributed by atoms with Gasteiger partial charge in [0.1, 0.15) is 0 Å². The summed E-state index contributed by atoms with van der Waals surface area (Å²) in [6, 6.07) is 119. The Labute approximate surface area is 524 Å². The molecule has 0 unspecified atom stereocenters. The Bertz CT molecular complexity index is 4610. The van der Waals surface area contributed by atoms with Gasteiger partial charge in [-0.3, -0.25) is 0 Å². The summed E-state index contributed by atoms with van der Waals surface area (Å²) >= 11 is 0. The molecule has 0 spiro atoms. The molecule has 15 aromatic rings. The molecule has 2 aromatic heterocycles. The Morgan fingerprint density at radius 1 is 0.122 bits per heavy atom. The average molecular weight is 1150 g/mol. The Balaban J connectivity index is 0.897. The van der Waals surface area contributed by atoms with Gasteiger partial charge in [0, 0.05) is 33.4 Å². The van der Waals surface area contributed by atoms with Crippen molar-refractivity contribution in [2.75, 3.05) is 0 Å². The zero-order valence-corrected chi connectivity index (χ0v) is 49.0. The topological polar surface area (TPSA) is 77.3 Å². The molecule has 422 valence electrons. The summed E-state index contributed by atoms with van der Waals surface area (Å²) < 4.78 is 0.